The Morgan fingerprint density at radius 1 is 0.680 bits per heavy atom. The average molecular weight is 438 g/mol. The third-order valence-electron chi connectivity index (χ3n) is 2.66. The minimum absolute atomic E-state index is 1.27. The van der Waals surface area contributed by atoms with Crippen LogP contribution in [-0.4, -0.2) is 56.0 Å². The van der Waals surface area contributed by atoms with E-state index < -0.39 is 66.6 Å². The van der Waals surface area contributed by atoms with E-state index in [0.29, 0.717) is 0 Å². The minimum Gasteiger partial charge on any atom is -0.396 e. The van der Waals surface area contributed by atoms with Gasteiger partial charge >= 0.3 is 22.9 Å². The molecule has 0 unspecified atom stereocenters. The van der Waals surface area contributed by atoms with E-state index >= 15 is 0 Å². The molecule has 0 atom stereocenters. The maximum Gasteiger partial charge on any atom is 0.469 e. The largest absolute Gasteiger partial charge is 0.469 e. The van der Waals surface area contributed by atoms with Gasteiger partial charge in [0.15, 0.2) is 4.58 Å². The zero-order valence-electron chi connectivity index (χ0n) is 11.4. The SMILES string of the molecule is O=S(=O)(C(CCCO)S(=O)(=O)C(F)(F)C(F)(F)F)C(F)(F)C(F)(F)F. The number of alkyl halides is 10. The van der Waals surface area contributed by atoms with Gasteiger partial charge in [0, 0.05) is 6.61 Å². The molecule has 0 bridgehead atoms. The molecule has 17 heteroatoms. The van der Waals surface area contributed by atoms with Crippen LogP contribution in [0.2, 0.25) is 0 Å². The molecule has 0 heterocycles. The average Bonchev–Trinajstić information content (AvgIpc) is 2.35. The second kappa shape index (κ2) is 6.71. The molecule has 0 spiro atoms. The molecule has 1 N–H and O–H groups in total. The zero-order valence-corrected chi connectivity index (χ0v) is 13.0. The van der Waals surface area contributed by atoms with Crippen molar-refractivity contribution in [2.24, 2.45) is 0 Å². The van der Waals surface area contributed by atoms with Crippen LogP contribution < -0.4 is 0 Å². The van der Waals surface area contributed by atoms with Gasteiger partial charge in [0.05, 0.1) is 0 Å². The fraction of sp³-hybridized carbons (Fsp3) is 1.00. The highest BCUT2D eigenvalue weighted by molar-refractivity contribution is 8.10. The lowest BCUT2D eigenvalue weighted by Crippen LogP contribution is -2.56. The van der Waals surface area contributed by atoms with Crippen molar-refractivity contribution in [1.82, 2.24) is 0 Å². The number of halogens is 10. The molecule has 0 fully saturated rings. The summed E-state index contributed by atoms with van der Waals surface area (Å²) in [5.41, 5.74) is 0. The summed E-state index contributed by atoms with van der Waals surface area (Å²) in [6.07, 6.45) is -17.3. The Morgan fingerprint density at radius 3 is 1.16 bits per heavy atom. The molecular weight excluding hydrogens is 430 g/mol. The van der Waals surface area contributed by atoms with E-state index in [4.69, 9.17) is 5.11 Å². The van der Waals surface area contributed by atoms with Crippen molar-refractivity contribution in [1.29, 1.82) is 0 Å². The number of aliphatic hydroxyl groups excluding tert-OH is 1. The Morgan fingerprint density at radius 2 is 0.960 bits per heavy atom. The summed E-state index contributed by atoms with van der Waals surface area (Å²) >= 11 is 0. The van der Waals surface area contributed by atoms with Gasteiger partial charge in [-0.05, 0) is 12.8 Å². The lowest BCUT2D eigenvalue weighted by molar-refractivity contribution is -0.242. The minimum atomic E-state index is -7.47. The number of sulfone groups is 2. The lowest BCUT2D eigenvalue weighted by atomic mass is 10.4. The second-order valence-electron chi connectivity index (χ2n) is 4.41. The second-order valence-corrected chi connectivity index (χ2v) is 9.06. The molecule has 0 saturated carbocycles. The Bertz CT molecular complexity index is 619. The van der Waals surface area contributed by atoms with Crippen LogP contribution in [0.4, 0.5) is 43.9 Å². The Kier molecular flexibility index (Phi) is 6.49. The van der Waals surface area contributed by atoms with Crippen molar-refractivity contribution in [2.45, 2.75) is 40.3 Å². The number of hydrogen-bond acceptors (Lipinski definition) is 5. The van der Waals surface area contributed by atoms with Crippen LogP contribution in [0.3, 0.4) is 0 Å². The Hall–Kier alpha value is -0.840. The molecule has 0 saturated heterocycles. The van der Waals surface area contributed by atoms with Gasteiger partial charge in [-0.1, -0.05) is 0 Å². The number of hydrogen-bond donors (Lipinski definition) is 1. The van der Waals surface area contributed by atoms with Crippen LogP contribution in [0.15, 0.2) is 0 Å². The Labute approximate surface area is 133 Å². The van der Waals surface area contributed by atoms with Gasteiger partial charge in [-0.25, -0.2) is 16.8 Å². The van der Waals surface area contributed by atoms with Crippen molar-refractivity contribution in [3.8, 4) is 0 Å². The van der Waals surface area contributed by atoms with Crippen LogP contribution in [-0.2, 0) is 19.7 Å². The molecular formula is C8H8F10O5S2. The van der Waals surface area contributed by atoms with Crippen LogP contribution in [0, 0.1) is 0 Å². The van der Waals surface area contributed by atoms with Gasteiger partial charge in [0.25, 0.3) is 0 Å². The maximum atomic E-state index is 13.0. The first-order valence-electron chi connectivity index (χ1n) is 5.66. The van der Waals surface area contributed by atoms with E-state index in [1.165, 1.54) is 0 Å². The monoisotopic (exact) mass is 438 g/mol. The van der Waals surface area contributed by atoms with Crippen LogP contribution in [0.1, 0.15) is 12.8 Å². The summed E-state index contributed by atoms with van der Waals surface area (Å²) < 4.78 is 166. The molecule has 0 aromatic heterocycles. The third-order valence-corrected chi connectivity index (χ3v) is 7.93. The normalized spacial score (nSPS) is 15.7. The highest BCUT2D eigenvalue weighted by Gasteiger charge is 2.76. The first-order chi connectivity index (χ1) is 10.7. The summed E-state index contributed by atoms with van der Waals surface area (Å²) in [4.78, 5) is 0. The lowest BCUT2D eigenvalue weighted by Gasteiger charge is -2.28. The highest BCUT2D eigenvalue weighted by Crippen LogP contribution is 2.48. The van der Waals surface area contributed by atoms with Crippen molar-refractivity contribution in [2.75, 3.05) is 6.61 Å². The molecule has 0 aromatic carbocycles. The van der Waals surface area contributed by atoms with Gasteiger partial charge < -0.3 is 5.11 Å². The summed E-state index contributed by atoms with van der Waals surface area (Å²) in [5, 5.41) is -5.51. The van der Waals surface area contributed by atoms with Gasteiger partial charge in [0.2, 0.25) is 19.7 Å². The molecule has 5 nitrogen and oxygen atoms in total. The molecule has 25 heavy (non-hydrogen) atoms. The molecule has 0 rings (SSSR count). The third kappa shape index (κ3) is 3.96. The topological polar surface area (TPSA) is 88.5 Å². The predicted molar refractivity (Wildman–Crippen MR) is 60.0 cm³/mol. The molecule has 0 aliphatic heterocycles. The summed E-state index contributed by atoms with van der Waals surface area (Å²) in [6, 6.07) is 0. The Balaban J connectivity index is 6.59. The zero-order chi connectivity index (χ0) is 20.7. The summed E-state index contributed by atoms with van der Waals surface area (Å²) in [6.45, 7) is -1.29. The molecule has 152 valence electrons. The van der Waals surface area contributed by atoms with Crippen molar-refractivity contribution in [3.05, 3.63) is 0 Å². The highest BCUT2D eigenvalue weighted by atomic mass is 32.3. The van der Waals surface area contributed by atoms with Gasteiger partial charge in [-0.2, -0.15) is 43.9 Å². The van der Waals surface area contributed by atoms with Crippen LogP contribution >= 0.6 is 0 Å². The van der Waals surface area contributed by atoms with E-state index in [1.54, 1.807) is 0 Å². The first kappa shape index (κ1) is 24.2. The number of aliphatic hydroxyl groups is 1. The smallest absolute Gasteiger partial charge is 0.396 e. The van der Waals surface area contributed by atoms with Crippen LogP contribution in [0.5, 0.6) is 0 Å². The van der Waals surface area contributed by atoms with Gasteiger partial charge in [-0.3, -0.25) is 0 Å². The van der Waals surface area contributed by atoms with Crippen molar-refractivity contribution < 1.29 is 65.8 Å². The van der Waals surface area contributed by atoms with E-state index in [0.717, 1.165) is 0 Å². The van der Waals surface area contributed by atoms with E-state index in [2.05, 4.69) is 0 Å². The quantitative estimate of drug-likeness (QED) is 0.616. The van der Waals surface area contributed by atoms with E-state index in [-0.39, 0.29) is 0 Å². The standard InChI is InChI=1S/C8H8F10O5S2/c9-5(10,11)7(15,16)24(20,21)4(2-1-3-19)25(22,23)8(17,18)6(12,13)14/h4,19H,1-3H2. The fourth-order valence-corrected chi connectivity index (χ4v) is 5.71. The molecule has 0 aliphatic rings. The molecule has 0 aromatic rings. The van der Waals surface area contributed by atoms with Gasteiger partial charge in [0.1, 0.15) is 0 Å². The number of rotatable bonds is 7. The molecule has 0 radical (unpaired) electrons. The summed E-state index contributed by atoms with van der Waals surface area (Å²) in [7, 11) is -14.9. The van der Waals surface area contributed by atoms with Crippen molar-refractivity contribution >= 4 is 19.7 Å². The molecule has 0 amide bonds. The van der Waals surface area contributed by atoms with E-state index in [1.807, 2.05) is 0 Å². The molecule has 0 aliphatic carbocycles. The van der Waals surface area contributed by atoms with Crippen LogP contribution in [0.25, 0.3) is 0 Å². The first-order valence-corrected chi connectivity index (χ1v) is 8.75. The fourth-order valence-electron chi connectivity index (χ4n) is 1.39. The van der Waals surface area contributed by atoms with E-state index in [9.17, 15) is 60.7 Å². The van der Waals surface area contributed by atoms with Crippen molar-refractivity contribution in [3.63, 3.8) is 0 Å². The summed E-state index contributed by atoms with van der Waals surface area (Å²) in [5.74, 6) is 0. The predicted octanol–water partition coefficient (Wildman–Crippen LogP) is 2.22. The maximum absolute atomic E-state index is 13.0. The van der Waals surface area contributed by atoms with Gasteiger partial charge in [-0.15, -0.1) is 0 Å².